The third-order valence-electron chi connectivity index (χ3n) is 4.39. The molecule has 3 rings (SSSR count). The van der Waals surface area contributed by atoms with E-state index in [1.54, 1.807) is 55.5 Å². The van der Waals surface area contributed by atoms with E-state index in [4.69, 9.17) is 23.8 Å². The maximum absolute atomic E-state index is 12.8. The molecule has 0 spiro atoms. The number of phenols is 1. The summed E-state index contributed by atoms with van der Waals surface area (Å²) >= 11 is 12.5. The van der Waals surface area contributed by atoms with E-state index in [0.717, 1.165) is 11.1 Å². The Balaban J connectivity index is 1.61. The molecule has 1 fully saturated rings. The van der Waals surface area contributed by atoms with E-state index in [0.29, 0.717) is 27.2 Å². The lowest BCUT2D eigenvalue weighted by Crippen LogP contribution is -2.47. The Morgan fingerprint density at radius 1 is 1.31 bits per heavy atom. The van der Waals surface area contributed by atoms with Crippen LogP contribution in [-0.2, 0) is 16.0 Å². The first-order valence-corrected chi connectivity index (χ1v) is 10.5. The van der Waals surface area contributed by atoms with Crippen LogP contribution < -0.4 is 5.32 Å². The molecule has 8 heteroatoms. The van der Waals surface area contributed by atoms with E-state index < -0.39 is 6.04 Å². The number of hydrogen-bond donors (Lipinski definition) is 2. The summed E-state index contributed by atoms with van der Waals surface area (Å²) < 4.78 is 0.351. The molecule has 2 amide bonds. The van der Waals surface area contributed by atoms with Crippen molar-refractivity contribution in [3.8, 4) is 5.75 Å². The minimum Gasteiger partial charge on any atom is -0.508 e. The molecule has 2 aromatic carbocycles. The first-order valence-electron chi connectivity index (χ1n) is 8.93. The largest absolute Gasteiger partial charge is 0.508 e. The Labute approximate surface area is 183 Å². The molecule has 0 bridgehead atoms. The van der Waals surface area contributed by atoms with Gasteiger partial charge in [-0.15, -0.1) is 0 Å². The van der Waals surface area contributed by atoms with Gasteiger partial charge < -0.3 is 10.4 Å². The van der Waals surface area contributed by atoms with Crippen LogP contribution in [0.25, 0.3) is 6.08 Å². The van der Waals surface area contributed by atoms with Crippen LogP contribution in [0.3, 0.4) is 0 Å². The van der Waals surface area contributed by atoms with Crippen molar-refractivity contribution in [3.05, 3.63) is 69.6 Å². The zero-order valence-corrected chi connectivity index (χ0v) is 18.0. The molecular formula is C21H19ClN2O3S2. The summed E-state index contributed by atoms with van der Waals surface area (Å²) in [6.07, 6.45) is 2.34. The van der Waals surface area contributed by atoms with E-state index in [9.17, 15) is 14.7 Å². The summed E-state index contributed by atoms with van der Waals surface area (Å²) in [7, 11) is 0. The Kier molecular flexibility index (Phi) is 6.95. The molecule has 1 aliphatic rings. The predicted octanol–water partition coefficient (Wildman–Crippen LogP) is 3.99. The van der Waals surface area contributed by atoms with Crippen LogP contribution >= 0.6 is 35.6 Å². The first-order chi connectivity index (χ1) is 13.8. The van der Waals surface area contributed by atoms with Crippen molar-refractivity contribution < 1.29 is 14.7 Å². The van der Waals surface area contributed by atoms with Crippen LogP contribution in [0, 0.1) is 0 Å². The molecule has 2 aromatic rings. The van der Waals surface area contributed by atoms with E-state index in [1.807, 2.05) is 6.07 Å². The minimum atomic E-state index is -0.715. The second-order valence-electron chi connectivity index (χ2n) is 6.49. The fourth-order valence-corrected chi connectivity index (χ4v) is 4.44. The van der Waals surface area contributed by atoms with E-state index in [1.165, 1.54) is 16.7 Å². The molecule has 0 aliphatic carbocycles. The highest BCUT2D eigenvalue weighted by Crippen LogP contribution is 2.34. The molecular weight excluding hydrogens is 428 g/mol. The molecule has 1 heterocycles. The van der Waals surface area contributed by atoms with E-state index in [-0.39, 0.29) is 17.6 Å². The fourth-order valence-electron chi connectivity index (χ4n) is 2.82. The summed E-state index contributed by atoms with van der Waals surface area (Å²) in [5.41, 5.74) is 1.79. The maximum Gasteiger partial charge on any atom is 0.266 e. The maximum atomic E-state index is 12.8. The molecule has 2 N–H and O–H groups in total. The van der Waals surface area contributed by atoms with Crippen molar-refractivity contribution in [2.24, 2.45) is 0 Å². The number of rotatable bonds is 6. The van der Waals surface area contributed by atoms with Crippen molar-refractivity contribution in [1.29, 1.82) is 0 Å². The van der Waals surface area contributed by atoms with E-state index in [2.05, 4.69) is 5.32 Å². The lowest BCUT2D eigenvalue weighted by molar-refractivity contribution is -0.132. The number of nitrogens with one attached hydrogen (secondary N) is 1. The average Bonchev–Trinajstić information content (AvgIpc) is 2.96. The SMILES string of the molecule is CC(C(=O)NCCc1ccc(O)cc1)N1C(=O)/C(=C/c2cccc(Cl)c2)SC1=S. The summed E-state index contributed by atoms with van der Waals surface area (Å²) in [6.45, 7) is 2.07. The number of amides is 2. The molecule has 29 heavy (non-hydrogen) atoms. The number of thioether (sulfide) groups is 1. The number of thiocarbonyl (C=S) groups is 1. The number of benzene rings is 2. The fraction of sp³-hybridized carbons (Fsp3) is 0.190. The lowest BCUT2D eigenvalue weighted by atomic mass is 10.1. The highest BCUT2D eigenvalue weighted by Gasteiger charge is 2.38. The van der Waals surface area contributed by atoms with Gasteiger partial charge in [0, 0.05) is 11.6 Å². The molecule has 150 valence electrons. The van der Waals surface area contributed by atoms with Gasteiger partial charge in [-0.1, -0.05) is 59.8 Å². The third kappa shape index (κ3) is 5.38. The number of nitrogens with zero attached hydrogens (tertiary/aromatic N) is 1. The Hall–Kier alpha value is -2.35. The van der Waals surface area contributed by atoms with Crippen LogP contribution in [0.5, 0.6) is 5.75 Å². The number of phenolic OH excluding ortho intramolecular Hbond substituents is 1. The minimum absolute atomic E-state index is 0.201. The van der Waals surface area contributed by atoms with Gasteiger partial charge in [0.1, 0.15) is 16.1 Å². The van der Waals surface area contributed by atoms with Crippen LogP contribution in [0.1, 0.15) is 18.1 Å². The Bertz CT molecular complexity index is 976. The number of aromatic hydroxyl groups is 1. The van der Waals surface area contributed by atoms with Crippen molar-refractivity contribution in [3.63, 3.8) is 0 Å². The Morgan fingerprint density at radius 2 is 2.03 bits per heavy atom. The molecule has 1 atom stereocenters. The van der Waals surface area contributed by atoms with Gasteiger partial charge in [-0.25, -0.2) is 0 Å². The topological polar surface area (TPSA) is 69.6 Å². The van der Waals surface area contributed by atoms with Crippen molar-refractivity contribution >= 4 is 57.8 Å². The second kappa shape index (κ2) is 9.43. The van der Waals surface area contributed by atoms with Gasteiger partial charge in [0.25, 0.3) is 5.91 Å². The summed E-state index contributed by atoms with van der Waals surface area (Å²) in [5, 5.41) is 12.7. The number of carbonyl (C=O) groups is 2. The standard InChI is InChI=1S/C21H19ClN2O3S2/c1-13(19(26)23-10-9-14-5-7-17(25)8-6-14)24-20(27)18(29-21(24)28)12-15-3-2-4-16(22)11-15/h2-8,11-13,25H,9-10H2,1H3,(H,23,26)/b18-12-. The monoisotopic (exact) mass is 446 g/mol. The van der Waals surface area contributed by atoms with Gasteiger partial charge in [-0.3, -0.25) is 14.5 Å². The molecule has 0 saturated carbocycles. The van der Waals surface area contributed by atoms with Crippen LogP contribution in [0.2, 0.25) is 5.02 Å². The zero-order chi connectivity index (χ0) is 21.0. The van der Waals surface area contributed by atoms with E-state index >= 15 is 0 Å². The molecule has 1 unspecified atom stereocenters. The van der Waals surface area contributed by atoms with Gasteiger partial charge in [-0.2, -0.15) is 0 Å². The van der Waals surface area contributed by atoms with Crippen LogP contribution in [0.4, 0.5) is 0 Å². The van der Waals surface area contributed by atoms with Crippen molar-refractivity contribution in [2.75, 3.05) is 6.54 Å². The molecule has 1 aliphatic heterocycles. The summed E-state index contributed by atoms with van der Waals surface area (Å²) in [6, 6.07) is 13.3. The van der Waals surface area contributed by atoms with Crippen molar-refractivity contribution in [2.45, 2.75) is 19.4 Å². The lowest BCUT2D eigenvalue weighted by Gasteiger charge is -2.22. The quantitative estimate of drug-likeness (QED) is 0.518. The smallest absolute Gasteiger partial charge is 0.266 e. The van der Waals surface area contributed by atoms with Gasteiger partial charge in [0.2, 0.25) is 5.91 Å². The van der Waals surface area contributed by atoms with Gasteiger partial charge in [-0.05, 0) is 54.8 Å². The van der Waals surface area contributed by atoms with Gasteiger partial charge in [0.05, 0.1) is 4.91 Å². The third-order valence-corrected chi connectivity index (χ3v) is 5.95. The Morgan fingerprint density at radius 3 is 2.72 bits per heavy atom. The first kappa shape index (κ1) is 21.4. The number of carbonyl (C=O) groups excluding carboxylic acids is 2. The summed E-state index contributed by atoms with van der Waals surface area (Å²) in [4.78, 5) is 27.1. The zero-order valence-electron chi connectivity index (χ0n) is 15.6. The molecule has 0 radical (unpaired) electrons. The summed E-state index contributed by atoms with van der Waals surface area (Å²) in [5.74, 6) is -0.364. The second-order valence-corrected chi connectivity index (χ2v) is 8.60. The van der Waals surface area contributed by atoms with Gasteiger partial charge in [0.15, 0.2) is 0 Å². The predicted molar refractivity (Wildman–Crippen MR) is 121 cm³/mol. The molecule has 1 saturated heterocycles. The van der Waals surface area contributed by atoms with Crippen molar-refractivity contribution in [1.82, 2.24) is 10.2 Å². The number of halogens is 1. The molecule has 5 nitrogen and oxygen atoms in total. The highest BCUT2D eigenvalue weighted by molar-refractivity contribution is 8.26. The van der Waals surface area contributed by atoms with Gasteiger partial charge >= 0.3 is 0 Å². The highest BCUT2D eigenvalue weighted by atomic mass is 35.5. The van der Waals surface area contributed by atoms with Crippen LogP contribution in [-0.4, -0.2) is 38.7 Å². The average molecular weight is 447 g/mol. The number of hydrogen-bond acceptors (Lipinski definition) is 5. The van der Waals surface area contributed by atoms with Crippen LogP contribution in [0.15, 0.2) is 53.4 Å². The molecule has 0 aromatic heterocycles. The normalized spacial score (nSPS) is 16.3.